The fourth-order valence-electron chi connectivity index (χ4n) is 13.8. The fourth-order valence-corrected chi connectivity index (χ4v) is 18.7. The van der Waals surface area contributed by atoms with Crippen molar-refractivity contribution in [3.63, 3.8) is 0 Å². The van der Waals surface area contributed by atoms with E-state index in [1.807, 2.05) is 70.1 Å². The van der Waals surface area contributed by atoms with E-state index >= 15 is 0 Å². The Morgan fingerprint density at radius 1 is 0.403 bits per heavy atom. The van der Waals surface area contributed by atoms with E-state index in [1.54, 1.807) is 187 Å². The second kappa shape index (κ2) is 48.0. The number of fused-ring (bicyclic) bond motifs is 5. The molecule has 0 saturated carbocycles. The molecule has 144 heavy (non-hydrogen) atoms. The number of alkyl halides is 1. The van der Waals surface area contributed by atoms with Gasteiger partial charge in [-0.15, -0.1) is 12.4 Å². The molecule has 0 bridgehead atoms. The molecule has 7 aromatic heterocycles. The molecule has 0 atom stereocenters. The van der Waals surface area contributed by atoms with Crippen molar-refractivity contribution in [1.82, 2.24) is 44.0 Å². The number of nitrogen functional groups attached to an aromatic ring is 1. The minimum absolute atomic E-state index is 0. The molecule has 3 radical (unpaired) electrons. The Labute approximate surface area is 880 Å². The first-order chi connectivity index (χ1) is 66.7. The van der Waals surface area contributed by atoms with Crippen LogP contribution in [0.3, 0.4) is 0 Å². The van der Waals surface area contributed by atoms with Crippen LogP contribution < -0.4 is 56.6 Å². The van der Waals surface area contributed by atoms with E-state index in [4.69, 9.17) is 24.7 Å². The topological polar surface area (TPSA) is 532 Å². The molecule has 0 aliphatic rings. The number of imidazole rings is 2. The third-order valence-corrected chi connectivity index (χ3v) is 24.5. The summed E-state index contributed by atoms with van der Waals surface area (Å²) in [6, 6.07) is 50.4. The Hall–Kier alpha value is -14.6. The standard InChI is InChI=1S/C22H21N5O4S.C19H18BrN3O4S.C19H19N3O5S.C19H17N3O5S.C17H13N5O2S.B.ClH.Na.H/c1-22(2,3)31-21(28)25-20-24-19-17(15-5-4-6-16(11-15)27(29)30)9-14(10-18(19)32-20)12-26-8-7-23-13-26;1-19(2,3)27-18(24)22-17-21-16-14(7-11(10-20)8-15(16)28-17)12-5-4-6-13(9-12)23(25)26;2*1-19(2,3)27-18(24)21-17-20-16-14(7-11(10-23)8-15(16)28-17)12-5-4-6-13(9-12)22(25)26;18-17-20-16-14(12-2-1-3-13(8-12)22(23)24)6-11(7-15(16)25-17)9-21-5-4-19-10-21;;;;/h4-11,13H,12H2,1-3H3,(H,24,25,28);4-9H,10H2,1-3H3,(H,21,22,24);4-9,23H,10H2,1-3H3,(H,20,21,24);4-10H,1-3H3,(H,20,21,24);1-8,10H,9H2,(H2,18,20);;1H;;/q;;;;;;;+1;-1. The quantitative estimate of drug-likeness (QED) is 0.00971. The number of aliphatic hydroxyl groups is 1. The van der Waals surface area contributed by atoms with Gasteiger partial charge in [-0.2, -0.15) is 0 Å². The first-order valence-electron chi connectivity index (χ1n) is 42.5. The van der Waals surface area contributed by atoms with Gasteiger partial charge in [-0.05, 0) is 194 Å². The van der Waals surface area contributed by atoms with Gasteiger partial charge >= 0.3 is 53.9 Å². The van der Waals surface area contributed by atoms with Gasteiger partial charge < -0.3 is 40.3 Å². The fraction of sp³-hybridized carbons (Fsp3) is 0.208. The molecule has 7 N–H and O–H groups in total. The molecule has 17 rings (SSSR count). The molecule has 7 heterocycles. The van der Waals surface area contributed by atoms with Crippen molar-refractivity contribution in [2.75, 3.05) is 27.0 Å². The van der Waals surface area contributed by atoms with Crippen molar-refractivity contribution in [3.05, 3.63) is 298 Å². The van der Waals surface area contributed by atoms with Crippen LogP contribution in [0.25, 0.3) is 107 Å². The zero-order valence-corrected chi connectivity index (χ0v) is 87.6. The molecule has 0 saturated heterocycles. The van der Waals surface area contributed by atoms with Crippen LogP contribution in [0.2, 0.25) is 0 Å². The number of thiazole rings is 5. The first-order valence-corrected chi connectivity index (χ1v) is 47.7. The van der Waals surface area contributed by atoms with E-state index in [0.29, 0.717) is 122 Å². The molecule has 737 valence electrons. The van der Waals surface area contributed by atoms with Gasteiger partial charge in [0.25, 0.3) is 28.4 Å². The molecular formula is C96H90BBrClN19NaO20S5. The number of carbonyl (C=O) groups excluding carboxylic acids is 5. The molecular weight excluding hydrogens is 2050 g/mol. The van der Waals surface area contributed by atoms with Gasteiger partial charge in [0.05, 0.1) is 95.0 Å². The first kappa shape index (κ1) is 111. The van der Waals surface area contributed by atoms with E-state index in [2.05, 4.69) is 72.1 Å². The molecule has 0 fully saturated rings. The van der Waals surface area contributed by atoms with E-state index in [9.17, 15) is 79.7 Å². The number of carbonyl (C=O) groups is 5. The van der Waals surface area contributed by atoms with E-state index in [0.717, 1.165) is 63.3 Å². The number of nitrogens with two attached hydrogens (primary N) is 1. The molecule has 10 aromatic carbocycles. The Morgan fingerprint density at radius 2 is 0.660 bits per heavy atom. The van der Waals surface area contributed by atoms with Gasteiger partial charge in [0, 0.05) is 146 Å². The number of halogens is 2. The number of nitro benzene ring substituents is 5. The van der Waals surface area contributed by atoms with Gasteiger partial charge in [-0.25, -0.2) is 54.1 Å². The molecule has 48 heteroatoms. The normalized spacial score (nSPS) is 11.1. The van der Waals surface area contributed by atoms with Crippen LogP contribution >= 0.6 is 85.0 Å². The number of amides is 4. The van der Waals surface area contributed by atoms with Crippen LogP contribution in [0.1, 0.15) is 117 Å². The summed E-state index contributed by atoms with van der Waals surface area (Å²) in [4.78, 5) is 144. The summed E-state index contributed by atoms with van der Waals surface area (Å²) in [5.74, 6) is 0. The number of rotatable bonds is 21. The second-order valence-corrected chi connectivity index (χ2v) is 40.7. The Bertz CT molecular complexity index is 7490. The van der Waals surface area contributed by atoms with Crippen molar-refractivity contribution in [2.24, 2.45) is 0 Å². The molecule has 0 spiro atoms. The summed E-state index contributed by atoms with van der Waals surface area (Å²) in [6.45, 7) is 22.3. The van der Waals surface area contributed by atoms with Crippen molar-refractivity contribution in [1.29, 1.82) is 0 Å². The molecule has 17 aromatic rings. The maximum atomic E-state index is 12.2. The number of ether oxygens (including phenoxy) is 4. The van der Waals surface area contributed by atoms with Crippen LogP contribution in [0.4, 0.5) is 73.3 Å². The summed E-state index contributed by atoms with van der Waals surface area (Å²) in [7, 11) is 0. The number of benzene rings is 10. The largest absolute Gasteiger partial charge is 1.00 e. The van der Waals surface area contributed by atoms with Gasteiger partial charge in [-0.3, -0.25) is 76.6 Å². The number of aldehydes is 1. The van der Waals surface area contributed by atoms with Crippen molar-refractivity contribution in [2.45, 2.75) is 131 Å². The number of aromatic nitrogens is 9. The zero-order valence-electron chi connectivity index (χ0n) is 80.1. The van der Waals surface area contributed by atoms with Crippen LogP contribution in [-0.2, 0) is 44.0 Å². The molecule has 4 amide bonds. The molecule has 0 aliphatic heterocycles. The Kier molecular flexibility index (Phi) is 37.1. The summed E-state index contributed by atoms with van der Waals surface area (Å²) < 4.78 is 29.0. The second-order valence-electron chi connectivity index (χ2n) is 34.9. The van der Waals surface area contributed by atoms with Crippen LogP contribution in [0.15, 0.2) is 219 Å². The number of nitrogens with zero attached hydrogens (tertiary/aromatic N) is 14. The monoisotopic (exact) mass is 2140 g/mol. The van der Waals surface area contributed by atoms with Crippen LogP contribution in [0, 0.1) is 50.6 Å². The number of non-ortho nitro benzene ring substituents is 5. The number of anilines is 5. The number of aliphatic hydroxyl groups excluding tert-OH is 1. The maximum Gasteiger partial charge on any atom is 1.00 e. The van der Waals surface area contributed by atoms with E-state index in [1.165, 1.54) is 111 Å². The summed E-state index contributed by atoms with van der Waals surface area (Å²) in [5, 5.41) is 78.3. The SMILES string of the molecule is CC(C)(C)OC(=O)Nc1nc2c(-c3cccc([N+](=O)[O-])c3)cc(C=O)cc2s1.CC(C)(C)OC(=O)Nc1nc2c(-c3cccc([N+](=O)[O-])c3)cc(CBr)cc2s1.CC(C)(C)OC(=O)Nc1nc2c(-c3cccc([N+](=O)[O-])c3)cc(CO)cc2s1.CC(C)(C)OC(=O)Nc1nc2c(-c3cccc([N+](=O)[O-])c3)cc(Cn3ccnc3)cc2s1.Cl.Nc1nc2c(-c3cccc([N+](=O)[O-])c3)cc(Cn3ccnc3)cc2s1.[B].[H-].[Na+]. The average Bonchev–Trinajstić information content (AvgIpc) is 1.62. The van der Waals surface area contributed by atoms with Gasteiger partial charge in [0.1, 0.15) is 28.7 Å². The van der Waals surface area contributed by atoms with Gasteiger partial charge in [0.15, 0.2) is 25.7 Å². The number of nitrogens with one attached hydrogen (secondary N) is 4. The third-order valence-electron chi connectivity index (χ3n) is 19.3. The van der Waals surface area contributed by atoms with Crippen LogP contribution in [-0.4, -0.2) is 135 Å². The Balaban J connectivity index is 0.000000201. The maximum absolute atomic E-state index is 12.2. The number of hydrogen-bond acceptors (Lipinski definition) is 33. The summed E-state index contributed by atoms with van der Waals surface area (Å²) >= 11 is 9.92. The van der Waals surface area contributed by atoms with Crippen molar-refractivity contribution < 1.29 is 104 Å². The number of hydrogen-bond donors (Lipinski definition) is 6. The summed E-state index contributed by atoms with van der Waals surface area (Å²) in [5.41, 5.74) is 17.4. The zero-order chi connectivity index (χ0) is 102. The average molecular weight is 2140 g/mol. The smallest absolute Gasteiger partial charge is 1.00 e. The predicted octanol–water partition coefficient (Wildman–Crippen LogP) is 22.2. The minimum atomic E-state index is -0.653. The van der Waals surface area contributed by atoms with Gasteiger partial charge in [-0.1, -0.05) is 133 Å². The van der Waals surface area contributed by atoms with Crippen molar-refractivity contribution in [3.8, 4) is 55.6 Å². The summed E-state index contributed by atoms with van der Waals surface area (Å²) in [6.07, 6.45) is 8.91. The predicted molar refractivity (Wildman–Crippen MR) is 563 cm³/mol. The molecule has 0 unspecified atom stereocenters. The number of nitro groups is 5. The van der Waals surface area contributed by atoms with Crippen LogP contribution in [0.5, 0.6) is 0 Å². The van der Waals surface area contributed by atoms with E-state index in [-0.39, 0.29) is 86.8 Å². The third kappa shape index (κ3) is 30.3. The van der Waals surface area contributed by atoms with Gasteiger partial charge in [0.2, 0.25) is 0 Å². The molecule has 39 nitrogen and oxygen atoms in total. The Morgan fingerprint density at radius 3 is 0.924 bits per heavy atom. The van der Waals surface area contributed by atoms with E-state index < -0.39 is 71.4 Å². The van der Waals surface area contributed by atoms with Crippen molar-refractivity contribution >= 4 is 229 Å². The minimum Gasteiger partial charge on any atom is -1.00 e. The molecule has 0 aliphatic carbocycles.